The third-order valence-electron chi connectivity index (χ3n) is 3.07. The number of thioether (sulfide) groups is 1. The van der Waals surface area contributed by atoms with E-state index in [-0.39, 0.29) is 11.8 Å². The molecule has 1 aromatic heterocycles. The van der Waals surface area contributed by atoms with Gasteiger partial charge in [0.05, 0.1) is 6.42 Å². The van der Waals surface area contributed by atoms with Crippen LogP contribution < -0.4 is 0 Å². The Morgan fingerprint density at radius 3 is 3.19 bits per heavy atom. The fourth-order valence-corrected chi connectivity index (χ4v) is 3.39. The monoisotopic (exact) mass is 240 g/mol. The highest BCUT2D eigenvalue weighted by Crippen LogP contribution is 2.37. The minimum Gasteiger partial charge on any atom is -0.481 e. The van der Waals surface area contributed by atoms with Gasteiger partial charge in [-0.05, 0) is 12.2 Å². The van der Waals surface area contributed by atoms with Gasteiger partial charge >= 0.3 is 5.97 Å². The summed E-state index contributed by atoms with van der Waals surface area (Å²) in [6, 6.07) is 0. The first-order valence-electron chi connectivity index (χ1n) is 5.44. The summed E-state index contributed by atoms with van der Waals surface area (Å²) in [4.78, 5) is 18.0. The summed E-state index contributed by atoms with van der Waals surface area (Å²) in [5.74, 6) is 2.32. The van der Waals surface area contributed by atoms with Crippen LogP contribution in [0.15, 0.2) is 6.20 Å². The Kier molecular flexibility index (Phi) is 3.23. The lowest BCUT2D eigenvalue weighted by atomic mass is 9.87. The standard InChI is InChI=1S/C11H16N2O2S/c1-11(4-5-16-7-11)8-6-12-9(13-8)2-3-10(14)15/h6H,2-5,7H2,1H3,(H,12,13)(H,14,15). The minimum atomic E-state index is -0.777. The second-order valence-electron chi connectivity index (χ2n) is 4.50. The van der Waals surface area contributed by atoms with Crippen molar-refractivity contribution < 1.29 is 9.90 Å². The van der Waals surface area contributed by atoms with Crippen molar-refractivity contribution in [3.8, 4) is 0 Å². The SMILES string of the molecule is CC1(c2cnc(CCC(=O)O)[nH]2)CCSC1. The number of imidazole rings is 1. The molecule has 0 bridgehead atoms. The van der Waals surface area contributed by atoms with Crippen molar-refractivity contribution in [2.24, 2.45) is 0 Å². The van der Waals surface area contributed by atoms with Crippen LogP contribution in [0.1, 0.15) is 31.3 Å². The molecule has 2 heterocycles. The fraction of sp³-hybridized carbons (Fsp3) is 0.636. The molecule has 1 aliphatic heterocycles. The van der Waals surface area contributed by atoms with Crippen LogP contribution in [0.4, 0.5) is 0 Å². The Hall–Kier alpha value is -0.970. The lowest BCUT2D eigenvalue weighted by molar-refractivity contribution is -0.137. The Morgan fingerprint density at radius 2 is 2.56 bits per heavy atom. The molecular weight excluding hydrogens is 224 g/mol. The van der Waals surface area contributed by atoms with Crippen LogP contribution in [-0.4, -0.2) is 32.5 Å². The first-order chi connectivity index (χ1) is 7.60. The lowest BCUT2D eigenvalue weighted by Gasteiger charge is -2.20. The van der Waals surface area contributed by atoms with Gasteiger partial charge in [0.2, 0.25) is 0 Å². The van der Waals surface area contributed by atoms with Gasteiger partial charge in [-0.2, -0.15) is 11.8 Å². The molecule has 1 fully saturated rings. The largest absolute Gasteiger partial charge is 0.481 e. The summed E-state index contributed by atoms with van der Waals surface area (Å²) in [6.07, 6.45) is 3.65. The van der Waals surface area contributed by atoms with Crippen molar-refractivity contribution in [3.63, 3.8) is 0 Å². The zero-order valence-electron chi connectivity index (χ0n) is 9.32. The Bertz CT molecular complexity index is 383. The molecular formula is C11H16N2O2S. The number of carboxylic acids is 1. The van der Waals surface area contributed by atoms with E-state index in [1.54, 1.807) is 0 Å². The molecule has 5 heteroatoms. The van der Waals surface area contributed by atoms with Crippen molar-refractivity contribution in [2.45, 2.75) is 31.6 Å². The topological polar surface area (TPSA) is 66.0 Å². The molecule has 0 aromatic carbocycles. The molecule has 88 valence electrons. The second kappa shape index (κ2) is 4.49. The van der Waals surface area contributed by atoms with Crippen LogP contribution in [0.2, 0.25) is 0 Å². The average molecular weight is 240 g/mol. The summed E-state index contributed by atoms with van der Waals surface area (Å²) < 4.78 is 0. The van der Waals surface area contributed by atoms with Crippen LogP contribution >= 0.6 is 11.8 Å². The summed E-state index contributed by atoms with van der Waals surface area (Å²) >= 11 is 1.96. The predicted molar refractivity (Wildman–Crippen MR) is 63.8 cm³/mol. The second-order valence-corrected chi connectivity index (χ2v) is 5.61. The number of carboxylic acid groups (broad SMARTS) is 1. The number of hydrogen-bond acceptors (Lipinski definition) is 3. The Labute approximate surface area is 98.9 Å². The van der Waals surface area contributed by atoms with Gasteiger partial charge in [0.25, 0.3) is 0 Å². The first kappa shape index (κ1) is 11.5. The van der Waals surface area contributed by atoms with Crippen molar-refractivity contribution in [1.82, 2.24) is 9.97 Å². The van der Waals surface area contributed by atoms with Crippen LogP contribution in [-0.2, 0) is 16.6 Å². The molecule has 1 atom stereocenters. The number of carbonyl (C=O) groups is 1. The fourth-order valence-electron chi connectivity index (χ4n) is 1.90. The van der Waals surface area contributed by atoms with Gasteiger partial charge in [-0.1, -0.05) is 6.92 Å². The molecule has 2 N–H and O–H groups in total. The highest BCUT2D eigenvalue weighted by atomic mass is 32.2. The quantitative estimate of drug-likeness (QED) is 0.842. The lowest BCUT2D eigenvalue weighted by Crippen LogP contribution is -2.21. The van der Waals surface area contributed by atoms with Gasteiger partial charge in [0.1, 0.15) is 5.82 Å². The van der Waals surface area contributed by atoms with Gasteiger partial charge in [-0.15, -0.1) is 0 Å². The van der Waals surface area contributed by atoms with Crippen LogP contribution in [0.3, 0.4) is 0 Å². The number of hydrogen-bond donors (Lipinski definition) is 2. The predicted octanol–water partition coefficient (Wildman–Crippen LogP) is 1.82. The van der Waals surface area contributed by atoms with E-state index in [2.05, 4.69) is 16.9 Å². The number of rotatable bonds is 4. The van der Waals surface area contributed by atoms with E-state index in [0.717, 1.165) is 23.7 Å². The van der Waals surface area contributed by atoms with E-state index in [1.165, 1.54) is 5.75 Å². The maximum atomic E-state index is 10.5. The molecule has 1 unspecified atom stereocenters. The van der Waals surface area contributed by atoms with E-state index in [9.17, 15) is 4.79 Å². The molecule has 0 spiro atoms. The highest BCUT2D eigenvalue weighted by Gasteiger charge is 2.32. The van der Waals surface area contributed by atoms with Gasteiger partial charge < -0.3 is 10.1 Å². The van der Waals surface area contributed by atoms with E-state index in [1.807, 2.05) is 18.0 Å². The smallest absolute Gasteiger partial charge is 0.303 e. The van der Waals surface area contributed by atoms with E-state index in [4.69, 9.17) is 5.11 Å². The van der Waals surface area contributed by atoms with E-state index in [0.29, 0.717) is 6.42 Å². The van der Waals surface area contributed by atoms with Crippen molar-refractivity contribution in [3.05, 3.63) is 17.7 Å². The van der Waals surface area contributed by atoms with Gasteiger partial charge in [0, 0.05) is 29.5 Å². The molecule has 0 radical (unpaired) electrons. The summed E-state index contributed by atoms with van der Waals surface area (Å²) in [5.41, 5.74) is 1.34. The summed E-state index contributed by atoms with van der Waals surface area (Å²) in [7, 11) is 0. The molecule has 1 saturated heterocycles. The van der Waals surface area contributed by atoms with Crippen molar-refractivity contribution >= 4 is 17.7 Å². The van der Waals surface area contributed by atoms with Crippen molar-refractivity contribution in [2.75, 3.05) is 11.5 Å². The Balaban J connectivity index is 2.04. The molecule has 0 amide bonds. The van der Waals surface area contributed by atoms with Gasteiger partial charge in [-0.3, -0.25) is 4.79 Å². The number of aromatic amines is 1. The number of aromatic nitrogens is 2. The Morgan fingerprint density at radius 1 is 1.75 bits per heavy atom. The van der Waals surface area contributed by atoms with E-state index >= 15 is 0 Å². The van der Waals surface area contributed by atoms with Gasteiger partial charge in [0.15, 0.2) is 0 Å². The molecule has 16 heavy (non-hydrogen) atoms. The summed E-state index contributed by atoms with van der Waals surface area (Å²) in [6.45, 7) is 2.24. The normalized spacial score (nSPS) is 24.8. The molecule has 1 aromatic rings. The van der Waals surface area contributed by atoms with E-state index < -0.39 is 5.97 Å². The number of aliphatic carboxylic acids is 1. The molecule has 4 nitrogen and oxygen atoms in total. The van der Waals surface area contributed by atoms with Crippen LogP contribution in [0.25, 0.3) is 0 Å². The highest BCUT2D eigenvalue weighted by molar-refractivity contribution is 7.99. The number of aryl methyl sites for hydroxylation is 1. The zero-order chi connectivity index (χ0) is 11.6. The third kappa shape index (κ3) is 2.40. The number of nitrogens with one attached hydrogen (secondary N) is 1. The minimum absolute atomic E-state index is 0.137. The maximum Gasteiger partial charge on any atom is 0.303 e. The average Bonchev–Trinajstić information content (AvgIpc) is 2.84. The first-order valence-corrected chi connectivity index (χ1v) is 6.59. The van der Waals surface area contributed by atoms with Crippen LogP contribution in [0, 0.1) is 0 Å². The van der Waals surface area contributed by atoms with Crippen LogP contribution in [0.5, 0.6) is 0 Å². The third-order valence-corrected chi connectivity index (χ3v) is 4.41. The molecule has 0 saturated carbocycles. The number of nitrogens with zero attached hydrogens (tertiary/aromatic N) is 1. The molecule has 2 rings (SSSR count). The van der Waals surface area contributed by atoms with Gasteiger partial charge in [-0.25, -0.2) is 4.98 Å². The molecule has 1 aliphatic rings. The zero-order valence-corrected chi connectivity index (χ0v) is 10.1. The molecule has 0 aliphatic carbocycles. The number of H-pyrrole nitrogens is 1. The maximum absolute atomic E-state index is 10.5. The van der Waals surface area contributed by atoms with Crippen molar-refractivity contribution in [1.29, 1.82) is 0 Å². The summed E-state index contributed by atoms with van der Waals surface area (Å²) in [5, 5.41) is 8.60.